The van der Waals surface area contributed by atoms with Crippen LogP contribution in [0.25, 0.3) is 0 Å². The molecule has 0 radical (unpaired) electrons. The van der Waals surface area contributed by atoms with Gasteiger partial charge >= 0.3 is 18.7 Å². The maximum Gasteiger partial charge on any atom is 0.461 e. The Labute approximate surface area is 232 Å². The molecule has 0 spiro atoms. The molecule has 6 nitrogen and oxygen atoms in total. The summed E-state index contributed by atoms with van der Waals surface area (Å²) in [6.07, 6.45) is -19.2. The number of hydrogen-bond donors (Lipinski definition) is 2. The molecule has 226 valence electrons. The Morgan fingerprint density at radius 1 is 0.833 bits per heavy atom. The summed E-state index contributed by atoms with van der Waals surface area (Å²) in [4.78, 5) is 24.4. The molecule has 0 heterocycles. The number of halogens is 9. The van der Waals surface area contributed by atoms with Crippen LogP contribution in [0.5, 0.6) is 5.75 Å². The van der Waals surface area contributed by atoms with Crippen molar-refractivity contribution in [1.82, 2.24) is 10.6 Å². The summed E-state index contributed by atoms with van der Waals surface area (Å²) in [5.41, 5.74) is -2.58. The minimum absolute atomic E-state index is 0.141. The molecule has 0 aliphatic rings. The Balaban J connectivity index is 2.29. The molecule has 3 aromatic rings. The number of carbonyl (C=O) groups excluding carboxylic acids is 2. The Hall–Kier alpha value is -4.43. The number of amides is 2. The SMILES string of the molecule is O=C([O-])N[C@H](CC(F)(F)F)C(=O)N[C@](Cc1ccccc1)(c1ccc(F)cc1)c1cc(F)cc(OC(F)(F)C(F)F)c1. The van der Waals surface area contributed by atoms with E-state index >= 15 is 0 Å². The fourth-order valence-electron chi connectivity index (χ4n) is 4.15. The first-order valence-electron chi connectivity index (χ1n) is 11.8. The number of rotatable bonds is 11. The van der Waals surface area contributed by atoms with Gasteiger partial charge in [-0.1, -0.05) is 42.5 Å². The molecule has 0 fully saturated rings. The molecule has 3 aromatic carbocycles. The molecule has 2 atom stereocenters. The lowest BCUT2D eigenvalue weighted by molar-refractivity contribution is -0.253. The molecule has 0 aliphatic carbocycles. The van der Waals surface area contributed by atoms with Gasteiger partial charge in [0.25, 0.3) is 0 Å². The summed E-state index contributed by atoms with van der Waals surface area (Å²) in [6, 6.07) is 10.5. The van der Waals surface area contributed by atoms with Gasteiger partial charge in [-0.2, -0.15) is 30.7 Å². The Bertz CT molecular complexity index is 1390. The monoisotopic (exact) mass is 607 g/mol. The van der Waals surface area contributed by atoms with Gasteiger partial charge in [-0.3, -0.25) is 4.79 Å². The number of carboxylic acid groups (broad SMARTS) is 1. The van der Waals surface area contributed by atoms with Crippen molar-refractivity contribution in [3.63, 3.8) is 0 Å². The van der Waals surface area contributed by atoms with Crippen molar-refractivity contribution in [3.05, 3.63) is 101 Å². The average molecular weight is 607 g/mol. The van der Waals surface area contributed by atoms with Gasteiger partial charge in [-0.05, 0) is 41.0 Å². The third-order valence-corrected chi connectivity index (χ3v) is 5.90. The lowest BCUT2D eigenvalue weighted by Crippen LogP contribution is -2.58. The van der Waals surface area contributed by atoms with Crippen LogP contribution < -0.4 is 20.5 Å². The van der Waals surface area contributed by atoms with Crippen LogP contribution in [0.4, 0.5) is 44.3 Å². The van der Waals surface area contributed by atoms with Gasteiger partial charge in [0.1, 0.15) is 29.5 Å². The van der Waals surface area contributed by atoms with E-state index in [9.17, 15) is 54.2 Å². The van der Waals surface area contributed by atoms with Crippen LogP contribution in [0.1, 0.15) is 23.1 Å². The second-order valence-electron chi connectivity index (χ2n) is 9.01. The molecule has 42 heavy (non-hydrogen) atoms. The summed E-state index contributed by atoms with van der Waals surface area (Å²) in [6.45, 7) is 0. The molecule has 2 N–H and O–H groups in total. The van der Waals surface area contributed by atoms with E-state index in [1.54, 1.807) is 6.07 Å². The van der Waals surface area contributed by atoms with Gasteiger partial charge in [-0.25, -0.2) is 8.78 Å². The van der Waals surface area contributed by atoms with Crippen molar-refractivity contribution < 1.29 is 58.9 Å². The third kappa shape index (κ3) is 8.30. The second-order valence-corrected chi connectivity index (χ2v) is 9.01. The molecule has 0 unspecified atom stereocenters. The Kier molecular flexibility index (Phi) is 9.64. The van der Waals surface area contributed by atoms with Gasteiger partial charge in [0.15, 0.2) is 0 Å². The van der Waals surface area contributed by atoms with Crippen LogP contribution in [0, 0.1) is 11.6 Å². The lowest BCUT2D eigenvalue weighted by atomic mass is 9.77. The van der Waals surface area contributed by atoms with Gasteiger partial charge in [0, 0.05) is 12.5 Å². The molecular weight excluding hydrogens is 587 g/mol. The molecule has 0 saturated carbocycles. The lowest BCUT2D eigenvalue weighted by Gasteiger charge is -2.38. The van der Waals surface area contributed by atoms with Crippen molar-refractivity contribution in [2.75, 3.05) is 0 Å². The summed E-state index contributed by atoms with van der Waals surface area (Å²) in [5, 5.41) is 14.7. The maximum absolute atomic E-state index is 14.8. The predicted octanol–water partition coefficient (Wildman–Crippen LogP) is 5.06. The second kappa shape index (κ2) is 12.6. The average Bonchev–Trinajstić information content (AvgIpc) is 2.87. The molecule has 3 rings (SSSR count). The molecule has 0 aromatic heterocycles. The van der Waals surface area contributed by atoms with Crippen LogP contribution in [0.15, 0.2) is 72.8 Å². The smallest absolute Gasteiger partial charge is 0.461 e. The summed E-state index contributed by atoms with van der Waals surface area (Å²) in [7, 11) is 0. The first-order valence-corrected chi connectivity index (χ1v) is 11.8. The zero-order valence-electron chi connectivity index (χ0n) is 21.0. The quantitative estimate of drug-likeness (QED) is 0.299. The highest BCUT2D eigenvalue weighted by molar-refractivity contribution is 5.86. The van der Waals surface area contributed by atoms with Gasteiger partial charge < -0.3 is 25.3 Å². The van der Waals surface area contributed by atoms with Crippen molar-refractivity contribution >= 4 is 12.0 Å². The number of alkyl halides is 7. The van der Waals surface area contributed by atoms with E-state index in [0.717, 1.165) is 24.3 Å². The summed E-state index contributed by atoms with van der Waals surface area (Å²) >= 11 is 0. The first kappa shape index (κ1) is 32.1. The summed E-state index contributed by atoms with van der Waals surface area (Å²) < 4.78 is 125. The standard InChI is InChI=1S/C27H21F9N2O4/c28-18-8-6-16(7-9-18)25(13-15-4-2-1-3-5-15,38-22(39)21(37-24(40)41)14-26(32,33)34)17-10-19(29)12-20(11-17)42-27(35,36)23(30)31/h1-12,21,23,37H,13-14H2,(H,38,39)(H,40,41)/p-1/t21-,25-/m1/s1. The van der Waals surface area contributed by atoms with Crippen molar-refractivity contribution in [2.45, 2.75) is 43.1 Å². The van der Waals surface area contributed by atoms with Crippen molar-refractivity contribution in [1.29, 1.82) is 0 Å². The van der Waals surface area contributed by atoms with E-state index in [2.05, 4.69) is 10.1 Å². The minimum Gasteiger partial charge on any atom is -0.530 e. The maximum atomic E-state index is 14.8. The normalized spacial score (nSPS) is 14.1. The molecule has 15 heteroatoms. The molecule has 0 saturated heterocycles. The van der Waals surface area contributed by atoms with E-state index in [-0.39, 0.29) is 5.56 Å². The fraction of sp³-hybridized carbons (Fsp3) is 0.259. The molecule has 0 bridgehead atoms. The zero-order valence-corrected chi connectivity index (χ0v) is 21.0. The van der Waals surface area contributed by atoms with Crippen molar-refractivity contribution in [2.24, 2.45) is 0 Å². The highest BCUT2D eigenvalue weighted by Gasteiger charge is 2.45. The number of hydrogen-bond acceptors (Lipinski definition) is 4. The van der Waals surface area contributed by atoms with E-state index < -0.39 is 78.1 Å². The topological polar surface area (TPSA) is 90.5 Å². The van der Waals surface area contributed by atoms with E-state index in [1.165, 1.54) is 29.6 Å². The van der Waals surface area contributed by atoms with Crippen LogP contribution in [-0.2, 0) is 16.8 Å². The molecular formula is C27H20F9N2O4-. The van der Waals surface area contributed by atoms with Gasteiger partial charge in [0.05, 0.1) is 12.0 Å². The Morgan fingerprint density at radius 2 is 1.45 bits per heavy atom. The Morgan fingerprint density at radius 3 is 2.00 bits per heavy atom. The first-order chi connectivity index (χ1) is 19.5. The van der Waals surface area contributed by atoms with Crippen LogP contribution in [-0.4, -0.2) is 36.8 Å². The molecule has 2 amide bonds. The van der Waals surface area contributed by atoms with E-state index in [4.69, 9.17) is 0 Å². The highest BCUT2D eigenvalue weighted by Crippen LogP contribution is 2.38. The van der Waals surface area contributed by atoms with Gasteiger partial charge in [-0.15, -0.1) is 0 Å². The van der Waals surface area contributed by atoms with E-state index in [0.29, 0.717) is 23.8 Å². The van der Waals surface area contributed by atoms with Crippen LogP contribution >= 0.6 is 0 Å². The highest BCUT2D eigenvalue weighted by atomic mass is 19.4. The molecule has 0 aliphatic heterocycles. The van der Waals surface area contributed by atoms with Gasteiger partial charge in [0.2, 0.25) is 5.91 Å². The number of nitrogens with one attached hydrogen (secondary N) is 2. The zero-order chi connectivity index (χ0) is 31.3. The number of benzene rings is 3. The number of carbonyl (C=O) groups is 2. The largest absolute Gasteiger partial charge is 0.530 e. The minimum atomic E-state index is -5.09. The van der Waals surface area contributed by atoms with Crippen LogP contribution in [0.3, 0.4) is 0 Å². The van der Waals surface area contributed by atoms with Crippen molar-refractivity contribution in [3.8, 4) is 5.75 Å². The van der Waals surface area contributed by atoms with E-state index in [1.807, 2.05) is 0 Å². The fourth-order valence-corrected chi connectivity index (χ4v) is 4.15. The number of ether oxygens (including phenoxy) is 1. The summed E-state index contributed by atoms with van der Waals surface area (Å²) in [5.74, 6) is -4.93. The third-order valence-electron chi connectivity index (χ3n) is 5.90. The van der Waals surface area contributed by atoms with Crippen LogP contribution in [0.2, 0.25) is 0 Å². The predicted molar refractivity (Wildman–Crippen MR) is 126 cm³/mol.